The van der Waals surface area contributed by atoms with Crippen LogP contribution in [0.3, 0.4) is 0 Å². The van der Waals surface area contributed by atoms with Gasteiger partial charge in [-0.2, -0.15) is 0 Å². The molecule has 0 aliphatic heterocycles. The Morgan fingerprint density at radius 2 is 1.61 bits per heavy atom. The Hall–Kier alpha value is -1.71. The number of methoxy groups -OCH3 is 2. The van der Waals surface area contributed by atoms with Crippen molar-refractivity contribution in [1.29, 1.82) is 0 Å². The number of hydrogen-bond acceptors (Lipinski definition) is 3. The molecule has 1 N–H and O–H groups in total. The summed E-state index contributed by atoms with van der Waals surface area (Å²) in [6.45, 7) is 3.06. The van der Waals surface area contributed by atoms with E-state index in [-0.39, 0.29) is 12.4 Å². The lowest BCUT2D eigenvalue weighted by atomic mass is 10.1. The monoisotopic (exact) mass is 335 g/mol. The molecule has 2 aromatic rings. The van der Waals surface area contributed by atoms with Crippen LogP contribution in [-0.2, 0) is 13.0 Å². The van der Waals surface area contributed by atoms with Gasteiger partial charge in [0.15, 0.2) is 11.5 Å². The summed E-state index contributed by atoms with van der Waals surface area (Å²) in [6.07, 6.45) is 2.22. The lowest BCUT2D eigenvalue weighted by Gasteiger charge is -2.15. The van der Waals surface area contributed by atoms with E-state index in [0.717, 1.165) is 30.9 Å². The predicted octanol–water partition coefficient (Wildman–Crippen LogP) is 4.24. The molecule has 0 fully saturated rings. The van der Waals surface area contributed by atoms with Crippen LogP contribution in [-0.4, -0.2) is 20.3 Å². The number of aryl methyl sites for hydroxylation is 1. The minimum atomic E-state index is 0. The van der Waals surface area contributed by atoms with E-state index >= 15 is 0 Å². The average molecular weight is 336 g/mol. The van der Waals surface area contributed by atoms with Crippen molar-refractivity contribution in [3.63, 3.8) is 0 Å². The molecule has 4 heteroatoms. The molecule has 23 heavy (non-hydrogen) atoms. The largest absolute Gasteiger partial charge is 0.493 e. The molecule has 0 amide bonds. The Labute approximate surface area is 145 Å². The minimum absolute atomic E-state index is 0. The molecule has 2 rings (SSSR count). The first kappa shape index (κ1) is 19.3. The zero-order valence-corrected chi connectivity index (χ0v) is 14.9. The van der Waals surface area contributed by atoms with Crippen molar-refractivity contribution < 1.29 is 9.47 Å². The van der Waals surface area contributed by atoms with Gasteiger partial charge in [-0.05, 0) is 43.0 Å². The number of rotatable bonds is 8. The van der Waals surface area contributed by atoms with Crippen LogP contribution in [0.15, 0.2) is 48.5 Å². The number of hydrogen-bond donors (Lipinski definition) is 1. The van der Waals surface area contributed by atoms with Gasteiger partial charge in [-0.15, -0.1) is 12.4 Å². The SMILES string of the molecule is COc1ccc(CNC(C)CCc2ccccc2)cc1OC.Cl. The van der Waals surface area contributed by atoms with E-state index in [1.165, 1.54) is 11.1 Å². The van der Waals surface area contributed by atoms with Gasteiger partial charge in [0.25, 0.3) is 0 Å². The molecule has 126 valence electrons. The van der Waals surface area contributed by atoms with Crippen LogP contribution in [0.2, 0.25) is 0 Å². The third-order valence-corrected chi connectivity index (χ3v) is 3.81. The molecule has 1 unspecified atom stereocenters. The van der Waals surface area contributed by atoms with Gasteiger partial charge in [0.2, 0.25) is 0 Å². The molecular formula is C19H26ClNO2. The minimum Gasteiger partial charge on any atom is -0.493 e. The smallest absolute Gasteiger partial charge is 0.161 e. The average Bonchev–Trinajstić information content (AvgIpc) is 2.58. The summed E-state index contributed by atoms with van der Waals surface area (Å²) in [5.41, 5.74) is 2.59. The van der Waals surface area contributed by atoms with Gasteiger partial charge in [-0.1, -0.05) is 36.4 Å². The lowest BCUT2D eigenvalue weighted by Crippen LogP contribution is -2.25. The summed E-state index contributed by atoms with van der Waals surface area (Å²) < 4.78 is 10.6. The van der Waals surface area contributed by atoms with Crippen LogP contribution in [0.4, 0.5) is 0 Å². The first-order valence-corrected chi connectivity index (χ1v) is 7.71. The van der Waals surface area contributed by atoms with Crippen molar-refractivity contribution >= 4 is 12.4 Å². The van der Waals surface area contributed by atoms with Crippen molar-refractivity contribution in [3.05, 3.63) is 59.7 Å². The summed E-state index contributed by atoms with van der Waals surface area (Å²) >= 11 is 0. The topological polar surface area (TPSA) is 30.5 Å². The van der Waals surface area contributed by atoms with Gasteiger partial charge >= 0.3 is 0 Å². The lowest BCUT2D eigenvalue weighted by molar-refractivity contribution is 0.354. The van der Waals surface area contributed by atoms with E-state index in [1.807, 2.05) is 12.1 Å². The molecule has 0 saturated heterocycles. The fourth-order valence-electron chi connectivity index (χ4n) is 2.41. The molecule has 0 bridgehead atoms. The first-order chi connectivity index (χ1) is 10.7. The zero-order valence-electron chi connectivity index (χ0n) is 14.0. The van der Waals surface area contributed by atoms with Crippen LogP contribution in [0, 0.1) is 0 Å². The molecule has 0 aromatic heterocycles. The Morgan fingerprint density at radius 3 is 2.26 bits per heavy atom. The molecule has 0 heterocycles. The molecule has 3 nitrogen and oxygen atoms in total. The van der Waals surface area contributed by atoms with E-state index in [1.54, 1.807) is 14.2 Å². The maximum absolute atomic E-state index is 5.34. The van der Waals surface area contributed by atoms with Gasteiger partial charge in [0.1, 0.15) is 0 Å². The van der Waals surface area contributed by atoms with Crippen molar-refractivity contribution in [2.75, 3.05) is 14.2 Å². The molecule has 0 radical (unpaired) electrons. The van der Waals surface area contributed by atoms with E-state index in [4.69, 9.17) is 9.47 Å². The van der Waals surface area contributed by atoms with Crippen LogP contribution >= 0.6 is 12.4 Å². The molecule has 1 atom stereocenters. The molecule has 0 aliphatic carbocycles. The fraction of sp³-hybridized carbons (Fsp3) is 0.368. The van der Waals surface area contributed by atoms with E-state index in [0.29, 0.717) is 6.04 Å². The second-order valence-corrected chi connectivity index (χ2v) is 5.50. The first-order valence-electron chi connectivity index (χ1n) is 7.71. The standard InChI is InChI=1S/C19H25NO2.ClH/c1-15(9-10-16-7-5-4-6-8-16)20-14-17-11-12-18(21-2)19(13-17)22-3;/h4-8,11-13,15,20H,9-10,14H2,1-3H3;1H. The number of nitrogens with one attached hydrogen (secondary N) is 1. The summed E-state index contributed by atoms with van der Waals surface area (Å²) in [5.74, 6) is 1.54. The van der Waals surface area contributed by atoms with Gasteiger partial charge in [0, 0.05) is 12.6 Å². The van der Waals surface area contributed by atoms with Crippen molar-refractivity contribution in [3.8, 4) is 11.5 Å². The Kier molecular flexibility index (Phi) is 8.52. The van der Waals surface area contributed by atoms with Gasteiger partial charge in [-0.25, -0.2) is 0 Å². The van der Waals surface area contributed by atoms with Crippen LogP contribution in [0.25, 0.3) is 0 Å². The van der Waals surface area contributed by atoms with Crippen LogP contribution in [0.5, 0.6) is 11.5 Å². The third kappa shape index (κ3) is 6.12. The van der Waals surface area contributed by atoms with E-state index in [9.17, 15) is 0 Å². The normalized spacial score (nSPS) is 11.4. The zero-order chi connectivity index (χ0) is 15.8. The quantitative estimate of drug-likeness (QED) is 0.782. The summed E-state index contributed by atoms with van der Waals surface area (Å²) in [6, 6.07) is 17.1. The predicted molar refractivity (Wildman–Crippen MR) is 97.9 cm³/mol. The van der Waals surface area contributed by atoms with E-state index < -0.39 is 0 Å². The maximum atomic E-state index is 5.34. The highest BCUT2D eigenvalue weighted by molar-refractivity contribution is 5.85. The van der Waals surface area contributed by atoms with Gasteiger partial charge in [0.05, 0.1) is 14.2 Å². The summed E-state index contributed by atoms with van der Waals surface area (Å²) in [7, 11) is 3.32. The van der Waals surface area contributed by atoms with Crippen LogP contribution < -0.4 is 14.8 Å². The molecule has 0 spiro atoms. The number of halogens is 1. The summed E-state index contributed by atoms with van der Waals surface area (Å²) in [5, 5.41) is 3.56. The Balaban J connectivity index is 0.00000264. The molecule has 0 aliphatic rings. The highest BCUT2D eigenvalue weighted by Crippen LogP contribution is 2.27. The highest BCUT2D eigenvalue weighted by Gasteiger charge is 2.06. The maximum Gasteiger partial charge on any atom is 0.161 e. The number of ether oxygens (including phenoxy) is 2. The van der Waals surface area contributed by atoms with Crippen LogP contribution in [0.1, 0.15) is 24.5 Å². The number of benzene rings is 2. The third-order valence-electron chi connectivity index (χ3n) is 3.81. The van der Waals surface area contributed by atoms with Crippen molar-refractivity contribution in [1.82, 2.24) is 5.32 Å². The highest BCUT2D eigenvalue weighted by atomic mass is 35.5. The second-order valence-electron chi connectivity index (χ2n) is 5.50. The van der Waals surface area contributed by atoms with Crippen molar-refractivity contribution in [2.24, 2.45) is 0 Å². The molecule has 2 aromatic carbocycles. The Bertz CT molecular complexity index is 575. The second kappa shape index (κ2) is 10.1. The Morgan fingerprint density at radius 1 is 0.913 bits per heavy atom. The summed E-state index contributed by atoms with van der Waals surface area (Å²) in [4.78, 5) is 0. The molecular weight excluding hydrogens is 310 g/mol. The van der Waals surface area contributed by atoms with Gasteiger partial charge < -0.3 is 14.8 Å². The fourth-order valence-corrected chi connectivity index (χ4v) is 2.41. The van der Waals surface area contributed by atoms with E-state index in [2.05, 4.69) is 48.6 Å². The van der Waals surface area contributed by atoms with Gasteiger partial charge in [-0.3, -0.25) is 0 Å². The van der Waals surface area contributed by atoms with Crippen molar-refractivity contribution in [2.45, 2.75) is 32.4 Å². The molecule has 0 saturated carbocycles.